The number of benzene rings is 4. The summed E-state index contributed by atoms with van der Waals surface area (Å²) in [6.45, 7) is 27.3. The van der Waals surface area contributed by atoms with Crippen LogP contribution in [0.4, 0.5) is 17.6 Å². The normalized spacial score (nSPS) is 17.5. The highest BCUT2D eigenvalue weighted by molar-refractivity contribution is 6.62. The molecule has 5 fully saturated rings. The second kappa shape index (κ2) is 37.8. The Morgan fingerprint density at radius 1 is 0.447 bits per heavy atom. The van der Waals surface area contributed by atoms with E-state index < -0.39 is 65.4 Å². The number of ether oxygens (including phenoxy) is 9. The minimum absolute atomic E-state index is 0.0357. The average molecular weight is 1690 g/mol. The molecule has 0 spiro atoms. The number of nitrogens with two attached hydrogens (primary N) is 1. The number of aromatic carboxylic acids is 1. The number of rotatable bonds is 21. The Balaban J connectivity index is 0.000000141. The lowest BCUT2D eigenvalue weighted by Gasteiger charge is -2.32. The van der Waals surface area contributed by atoms with Crippen molar-refractivity contribution in [3.8, 4) is 96.1 Å². The van der Waals surface area contributed by atoms with Gasteiger partial charge < -0.3 is 62.8 Å². The fourth-order valence-corrected chi connectivity index (χ4v) is 16.1. The number of esters is 2. The Morgan fingerprint density at radius 2 is 0.740 bits per heavy atom. The minimum atomic E-state index is -1.15. The molecular weight excluding hydrogens is 1590 g/mol. The number of carbonyl (C=O) groups excluding carboxylic acids is 3. The highest BCUT2D eigenvalue weighted by atomic mass is 19.1. The van der Waals surface area contributed by atoms with E-state index in [1.807, 2.05) is 81.4 Å². The lowest BCUT2D eigenvalue weighted by atomic mass is 9.78. The van der Waals surface area contributed by atoms with Crippen LogP contribution in [0.1, 0.15) is 166 Å². The Bertz CT molecular complexity index is 5570. The van der Waals surface area contributed by atoms with Crippen molar-refractivity contribution < 1.29 is 93.8 Å². The third kappa shape index (κ3) is 18.1. The molecule has 3 N–H and O–H groups in total. The van der Waals surface area contributed by atoms with Crippen molar-refractivity contribution in [2.75, 3.05) is 87.4 Å². The molecule has 11 aromatic rings. The molecule has 4 aromatic carbocycles. The molecule has 0 unspecified atom stereocenters. The molecular formula is C90H99BF4N12O16. The maximum absolute atomic E-state index is 15.6. The Labute approximate surface area is 709 Å². The first-order chi connectivity index (χ1) is 58.9. The largest absolute Gasteiger partial charge is 0.494 e. The van der Waals surface area contributed by atoms with Gasteiger partial charge in [0.2, 0.25) is 17.6 Å². The molecule has 16 rings (SSSR count). The third-order valence-electron chi connectivity index (χ3n) is 23.0. The molecule has 0 bridgehead atoms. The molecule has 4 atom stereocenters. The standard InChI is InChI=1S/C24H26FN3O4.C22H28BFN2O5.C22H23FN4O3.C22H22FN3O4/c1-5-32-24(29)19-12-27-28(17-8-9-31-13-17)22(19)18-7-6-16(10-20(18)25)21-14(2)11-26-23(30-4)15(21)3;1-6-29-20(27)17-12-25-26(15-9-10-28-13-15)19(17)16-8-7-14(11-18(16)24)23-30-21(2,3)22(4,5)31-23;1-12-9-25-22(29-3)13(2)19(12)14-4-5-16(18(23)8-14)20-17(21(24)28)10-26-27(20)15-6-7-30-11-15;1-12-9-24-21(29-3)13(2)19(12)14-4-5-16(18(23)8-14)20-17(22(27)28)10-25-26(20)15-6-7-30-11-15/h6-7,10-12,17H,5,8-9,13H2,1-4H3;7-8,11-12,15H,6,9-10,13H2,1-5H3;4-5,8-10,15H,6-7,11H2,1-3H3,(H2,24,28);4-5,8-10,15H,6-7,11H2,1-3H3,(H,27,28)/t17-;3*15-/m0000/s1. The van der Waals surface area contributed by atoms with Gasteiger partial charge in [-0.25, -0.2) is 46.9 Å². The number of primary amides is 1. The van der Waals surface area contributed by atoms with Crippen molar-refractivity contribution in [2.45, 2.75) is 144 Å². The molecule has 646 valence electrons. The molecule has 33 heteroatoms. The second-order valence-corrected chi connectivity index (χ2v) is 31.3. The number of pyridine rings is 3. The van der Waals surface area contributed by atoms with Gasteiger partial charge in [-0.1, -0.05) is 30.3 Å². The van der Waals surface area contributed by atoms with Gasteiger partial charge in [0, 0.05) is 84.0 Å². The number of halogens is 4. The van der Waals surface area contributed by atoms with Crippen LogP contribution >= 0.6 is 0 Å². The van der Waals surface area contributed by atoms with Crippen molar-refractivity contribution in [1.29, 1.82) is 0 Å². The minimum Gasteiger partial charge on any atom is -0.481 e. The van der Waals surface area contributed by atoms with Crippen LogP contribution in [0, 0.1) is 64.8 Å². The lowest BCUT2D eigenvalue weighted by Crippen LogP contribution is -2.41. The smallest absolute Gasteiger partial charge is 0.481 e. The zero-order chi connectivity index (χ0) is 88.0. The van der Waals surface area contributed by atoms with Gasteiger partial charge in [0.25, 0.3) is 5.91 Å². The Hall–Kier alpha value is -12.0. The molecule has 5 saturated heterocycles. The van der Waals surface area contributed by atoms with Gasteiger partial charge in [-0.2, -0.15) is 20.4 Å². The van der Waals surface area contributed by atoms with Crippen molar-refractivity contribution >= 4 is 36.4 Å². The van der Waals surface area contributed by atoms with Crippen LogP contribution in [0.2, 0.25) is 0 Å². The number of carboxylic acid groups (broad SMARTS) is 1. The van der Waals surface area contributed by atoms with Crippen LogP contribution < -0.4 is 25.4 Å². The molecule has 12 heterocycles. The first-order valence-electron chi connectivity index (χ1n) is 40.5. The van der Waals surface area contributed by atoms with E-state index >= 15 is 17.6 Å². The quantitative estimate of drug-likeness (QED) is 0.0383. The van der Waals surface area contributed by atoms with Gasteiger partial charge in [-0.15, -0.1) is 0 Å². The number of carbonyl (C=O) groups is 4. The maximum Gasteiger partial charge on any atom is 0.494 e. The van der Waals surface area contributed by atoms with E-state index in [1.54, 1.807) is 109 Å². The molecule has 7 aromatic heterocycles. The Morgan fingerprint density at radius 3 is 1.02 bits per heavy atom. The van der Waals surface area contributed by atoms with E-state index in [4.69, 9.17) is 57.7 Å². The number of nitrogens with zero attached hydrogens (tertiary/aromatic N) is 11. The Kier molecular flexibility index (Phi) is 27.3. The van der Waals surface area contributed by atoms with Gasteiger partial charge in [0.15, 0.2) is 0 Å². The van der Waals surface area contributed by atoms with Crippen molar-refractivity contribution in [1.82, 2.24) is 54.1 Å². The number of methoxy groups -OCH3 is 3. The van der Waals surface area contributed by atoms with Crippen LogP contribution in [0.15, 0.2) is 116 Å². The van der Waals surface area contributed by atoms with Crippen molar-refractivity contribution in [3.05, 3.63) is 195 Å². The molecule has 0 saturated carbocycles. The SMILES string of the molecule is CCOC(=O)c1cnn([C@H]2CCOC2)c1-c1ccc(-c2c(C)cnc(OC)c2C)cc1F.CCOC(=O)c1cnn([C@H]2CCOC2)c1-c1ccc(B2OC(C)(C)C(C)(C)O2)cc1F.COc1ncc(C)c(-c2ccc(-c3c(C(=O)O)cnn3[C@H]3CCOC3)c(F)c2)c1C.COc1ncc(C)c(-c2ccc(-c3c(C(N)=O)cnn3[C@H]3CCOC3)c(F)c2)c1C. The predicted molar refractivity (Wildman–Crippen MR) is 449 cm³/mol. The number of aryl methyl sites for hydroxylation is 3. The first kappa shape index (κ1) is 88.8. The van der Waals surface area contributed by atoms with Crippen LogP contribution in [-0.2, 0) is 37.7 Å². The van der Waals surface area contributed by atoms with Crippen LogP contribution in [0.25, 0.3) is 78.4 Å². The fraction of sp³-hybridized carbons (Fsp3) is 0.389. The number of carboxylic acids is 1. The van der Waals surface area contributed by atoms with Gasteiger partial charge in [0.05, 0.1) is 149 Å². The summed E-state index contributed by atoms with van der Waals surface area (Å²) in [4.78, 5) is 61.6. The summed E-state index contributed by atoms with van der Waals surface area (Å²) in [5, 5.41) is 26.9. The van der Waals surface area contributed by atoms with E-state index in [-0.39, 0.29) is 87.6 Å². The molecule has 1 amide bonds. The van der Waals surface area contributed by atoms with Crippen LogP contribution in [-0.4, -0.2) is 189 Å². The van der Waals surface area contributed by atoms with E-state index in [0.29, 0.717) is 116 Å². The number of amides is 1. The molecule has 123 heavy (non-hydrogen) atoms. The predicted octanol–water partition coefficient (Wildman–Crippen LogP) is 15.1. The summed E-state index contributed by atoms with van der Waals surface area (Å²) in [6, 6.07) is 19.2. The summed E-state index contributed by atoms with van der Waals surface area (Å²) in [5.74, 6) is -3.31. The van der Waals surface area contributed by atoms with Gasteiger partial charge in [-0.05, 0) is 207 Å². The summed E-state index contributed by atoms with van der Waals surface area (Å²) in [5.41, 5.74) is 18.0. The van der Waals surface area contributed by atoms with Crippen LogP contribution in [0.3, 0.4) is 0 Å². The highest BCUT2D eigenvalue weighted by Gasteiger charge is 2.52. The molecule has 5 aliphatic heterocycles. The monoisotopic (exact) mass is 1690 g/mol. The summed E-state index contributed by atoms with van der Waals surface area (Å²) in [6.07, 6.45) is 13.6. The average Bonchev–Trinajstić information content (AvgIpc) is 1.67. The molecule has 5 aliphatic rings. The summed E-state index contributed by atoms with van der Waals surface area (Å²) >= 11 is 0. The van der Waals surface area contributed by atoms with Gasteiger partial charge in [-0.3, -0.25) is 23.5 Å². The first-order valence-corrected chi connectivity index (χ1v) is 40.5. The van der Waals surface area contributed by atoms with E-state index in [2.05, 4.69) is 35.3 Å². The van der Waals surface area contributed by atoms with E-state index in [9.17, 15) is 24.3 Å². The zero-order valence-electron chi connectivity index (χ0n) is 71.3. The van der Waals surface area contributed by atoms with E-state index in [0.717, 1.165) is 69.3 Å². The maximum atomic E-state index is 15.6. The topological polar surface area (TPSA) is 326 Å². The lowest BCUT2D eigenvalue weighted by molar-refractivity contribution is 0.00578. The number of hydrogen-bond acceptors (Lipinski definition) is 22. The van der Waals surface area contributed by atoms with Crippen molar-refractivity contribution in [3.63, 3.8) is 0 Å². The van der Waals surface area contributed by atoms with E-state index in [1.165, 1.54) is 49.1 Å². The number of hydrogen-bond donors (Lipinski definition) is 2. The fourth-order valence-electron chi connectivity index (χ4n) is 16.1. The molecule has 0 aliphatic carbocycles. The van der Waals surface area contributed by atoms with Gasteiger partial charge in [0.1, 0.15) is 40.0 Å². The number of aromatic nitrogens is 11. The zero-order valence-corrected chi connectivity index (χ0v) is 71.3. The molecule has 0 radical (unpaired) electrons. The van der Waals surface area contributed by atoms with Crippen LogP contribution in [0.5, 0.6) is 17.6 Å². The van der Waals surface area contributed by atoms with Crippen molar-refractivity contribution in [2.24, 2.45) is 5.73 Å². The molecule has 28 nitrogen and oxygen atoms in total. The second-order valence-electron chi connectivity index (χ2n) is 31.3. The summed E-state index contributed by atoms with van der Waals surface area (Å²) in [7, 11) is 3.98. The highest BCUT2D eigenvalue weighted by Crippen LogP contribution is 2.43. The summed E-state index contributed by atoms with van der Waals surface area (Å²) < 4.78 is 128. The van der Waals surface area contributed by atoms with Gasteiger partial charge >= 0.3 is 25.0 Å². The third-order valence-corrected chi connectivity index (χ3v) is 23.0.